The van der Waals surface area contributed by atoms with E-state index in [0.29, 0.717) is 5.92 Å². The number of anilines is 2. The van der Waals surface area contributed by atoms with Gasteiger partial charge in [-0.05, 0) is 93.2 Å². The van der Waals surface area contributed by atoms with Crippen molar-refractivity contribution in [2.45, 2.75) is 63.7 Å². The fraction of sp³-hybridized carbons (Fsp3) is 0.586. The Morgan fingerprint density at radius 1 is 1.11 bits per heavy atom. The first-order chi connectivity index (χ1) is 17.1. The first-order valence-corrected chi connectivity index (χ1v) is 13.7. The molecule has 0 bridgehead atoms. The van der Waals surface area contributed by atoms with Gasteiger partial charge in [-0.2, -0.15) is 0 Å². The molecule has 3 aliphatic rings. The minimum Gasteiger partial charge on any atom is -0.481 e. The van der Waals surface area contributed by atoms with Crippen molar-refractivity contribution in [1.29, 1.82) is 0 Å². The number of nitrogens with zero attached hydrogens (tertiary/aromatic N) is 3. The normalized spacial score (nSPS) is 21.4. The number of hydrogen-bond donors (Lipinski definition) is 2. The lowest BCUT2D eigenvalue weighted by Crippen LogP contribution is -2.30. The molecule has 1 aromatic carbocycles. The molecular weight excluding hydrogens is 436 g/mol. The standard InChI is InChI=1S/C29H40N4O2/c34-28(35)19-25(24-6-4-8-27(18-24)33-15-2-1-3-16-33)21-32-17-13-22(20-32)9-11-26-12-10-23-7-5-14-30-29(23)31-26/h4,6,8,10,12,18,22,25H,1-3,5,7,9,11,13-17,19-21H2,(H,30,31)(H,34,35)/t22-,25?/m1/s1. The van der Waals surface area contributed by atoms with Crippen molar-refractivity contribution in [2.24, 2.45) is 5.92 Å². The van der Waals surface area contributed by atoms with Crippen LogP contribution in [0.5, 0.6) is 0 Å². The topological polar surface area (TPSA) is 68.7 Å². The Balaban J connectivity index is 1.17. The molecule has 3 aliphatic heterocycles. The number of hydrogen-bond acceptors (Lipinski definition) is 5. The van der Waals surface area contributed by atoms with Gasteiger partial charge in [0.05, 0.1) is 6.42 Å². The molecule has 1 aromatic heterocycles. The van der Waals surface area contributed by atoms with Gasteiger partial charge in [-0.15, -0.1) is 0 Å². The van der Waals surface area contributed by atoms with Gasteiger partial charge in [0, 0.05) is 50.0 Å². The van der Waals surface area contributed by atoms with Crippen LogP contribution in [0.1, 0.15) is 67.7 Å². The Labute approximate surface area is 209 Å². The van der Waals surface area contributed by atoms with E-state index in [1.54, 1.807) is 0 Å². The molecule has 35 heavy (non-hydrogen) atoms. The van der Waals surface area contributed by atoms with Crippen LogP contribution in [-0.2, 0) is 17.6 Å². The molecule has 0 aliphatic carbocycles. The maximum atomic E-state index is 11.7. The molecule has 0 saturated carbocycles. The molecule has 6 heteroatoms. The summed E-state index contributed by atoms with van der Waals surface area (Å²) in [4.78, 5) is 21.5. The number of piperidine rings is 1. The summed E-state index contributed by atoms with van der Waals surface area (Å²) in [6.07, 6.45) is 9.68. The number of fused-ring (bicyclic) bond motifs is 1. The van der Waals surface area contributed by atoms with E-state index < -0.39 is 5.97 Å². The van der Waals surface area contributed by atoms with Crippen molar-refractivity contribution in [2.75, 3.05) is 49.5 Å². The first-order valence-electron chi connectivity index (χ1n) is 13.7. The SMILES string of the molecule is O=C(O)CC(CN1CC[C@@H](CCc2ccc3c(n2)NCCC3)C1)c1cccc(N2CCCCC2)c1. The van der Waals surface area contributed by atoms with Crippen LogP contribution in [0.2, 0.25) is 0 Å². The van der Waals surface area contributed by atoms with Crippen molar-refractivity contribution >= 4 is 17.5 Å². The predicted molar refractivity (Wildman–Crippen MR) is 141 cm³/mol. The average molecular weight is 477 g/mol. The number of aliphatic carboxylic acids is 1. The van der Waals surface area contributed by atoms with E-state index in [4.69, 9.17) is 4.98 Å². The Kier molecular flexibility index (Phi) is 7.87. The molecule has 4 heterocycles. The second-order valence-electron chi connectivity index (χ2n) is 10.7. The zero-order chi connectivity index (χ0) is 24.0. The summed E-state index contributed by atoms with van der Waals surface area (Å²) in [6.45, 7) is 6.19. The minimum absolute atomic E-state index is 0.0318. The molecule has 2 atom stereocenters. The maximum absolute atomic E-state index is 11.7. The number of aryl methyl sites for hydroxylation is 2. The molecule has 2 aromatic rings. The van der Waals surface area contributed by atoms with Crippen LogP contribution >= 0.6 is 0 Å². The van der Waals surface area contributed by atoms with E-state index >= 15 is 0 Å². The van der Waals surface area contributed by atoms with E-state index in [2.05, 4.69) is 51.5 Å². The summed E-state index contributed by atoms with van der Waals surface area (Å²) in [5.41, 5.74) is 4.96. The van der Waals surface area contributed by atoms with E-state index in [0.717, 1.165) is 64.3 Å². The third-order valence-electron chi connectivity index (χ3n) is 8.09. The Bertz CT molecular complexity index is 1000. The molecule has 0 amide bonds. The van der Waals surface area contributed by atoms with E-state index in [-0.39, 0.29) is 12.3 Å². The average Bonchev–Trinajstić information content (AvgIpc) is 3.34. The quantitative estimate of drug-likeness (QED) is 0.534. The highest BCUT2D eigenvalue weighted by Crippen LogP contribution is 2.30. The van der Waals surface area contributed by atoms with Gasteiger partial charge in [-0.1, -0.05) is 18.2 Å². The lowest BCUT2D eigenvalue weighted by Gasteiger charge is -2.30. The fourth-order valence-corrected chi connectivity index (χ4v) is 6.11. The van der Waals surface area contributed by atoms with Gasteiger partial charge in [0.25, 0.3) is 0 Å². The van der Waals surface area contributed by atoms with Crippen LogP contribution in [0.4, 0.5) is 11.5 Å². The number of benzene rings is 1. The smallest absolute Gasteiger partial charge is 0.304 e. The number of carbonyl (C=O) groups is 1. The molecular formula is C29H40N4O2. The Hall–Kier alpha value is -2.60. The van der Waals surface area contributed by atoms with Gasteiger partial charge in [0.2, 0.25) is 0 Å². The molecule has 0 spiro atoms. The summed E-state index contributed by atoms with van der Waals surface area (Å²) in [6, 6.07) is 13.1. The van der Waals surface area contributed by atoms with E-state index in [1.165, 1.54) is 54.6 Å². The zero-order valence-corrected chi connectivity index (χ0v) is 20.9. The highest BCUT2D eigenvalue weighted by molar-refractivity contribution is 5.68. The number of aromatic nitrogens is 1. The van der Waals surface area contributed by atoms with Crippen LogP contribution in [0.15, 0.2) is 36.4 Å². The van der Waals surface area contributed by atoms with Crippen LogP contribution < -0.4 is 10.2 Å². The summed E-state index contributed by atoms with van der Waals surface area (Å²) >= 11 is 0. The van der Waals surface area contributed by atoms with Crippen LogP contribution in [-0.4, -0.2) is 60.2 Å². The van der Waals surface area contributed by atoms with Gasteiger partial charge in [0.1, 0.15) is 5.82 Å². The monoisotopic (exact) mass is 476 g/mol. The second kappa shape index (κ2) is 11.4. The summed E-state index contributed by atoms with van der Waals surface area (Å²) in [7, 11) is 0. The van der Waals surface area contributed by atoms with E-state index in [9.17, 15) is 9.90 Å². The maximum Gasteiger partial charge on any atom is 0.304 e. The highest BCUT2D eigenvalue weighted by atomic mass is 16.4. The number of pyridine rings is 1. The lowest BCUT2D eigenvalue weighted by molar-refractivity contribution is -0.137. The molecule has 1 unspecified atom stereocenters. The zero-order valence-electron chi connectivity index (χ0n) is 20.9. The van der Waals surface area contributed by atoms with Gasteiger partial charge in [-0.3, -0.25) is 4.79 Å². The largest absolute Gasteiger partial charge is 0.481 e. The number of nitrogens with one attached hydrogen (secondary N) is 1. The first kappa shape index (κ1) is 24.1. The van der Waals surface area contributed by atoms with E-state index in [1.807, 2.05) is 0 Å². The molecule has 188 valence electrons. The molecule has 5 rings (SSSR count). The van der Waals surface area contributed by atoms with Crippen molar-refractivity contribution in [3.8, 4) is 0 Å². The molecule has 2 saturated heterocycles. The Morgan fingerprint density at radius 2 is 2.00 bits per heavy atom. The minimum atomic E-state index is -0.707. The number of carboxylic acids is 1. The number of likely N-dealkylation sites (tertiary alicyclic amines) is 1. The van der Waals surface area contributed by atoms with Crippen LogP contribution in [0, 0.1) is 5.92 Å². The van der Waals surface area contributed by atoms with Crippen LogP contribution in [0.25, 0.3) is 0 Å². The van der Waals surface area contributed by atoms with Crippen molar-refractivity contribution < 1.29 is 9.90 Å². The fourth-order valence-electron chi connectivity index (χ4n) is 6.11. The summed E-state index contributed by atoms with van der Waals surface area (Å²) in [5, 5.41) is 13.1. The van der Waals surface area contributed by atoms with Gasteiger partial charge < -0.3 is 20.2 Å². The van der Waals surface area contributed by atoms with Gasteiger partial charge in [0.15, 0.2) is 0 Å². The molecule has 2 fully saturated rings. The van der Waals surface area contributed by atoms with Gasteiger partial charge in [-0.25, -0.2) is 4.98 Å². The van der Waals surface area contributed by atoms with Crippen molar-refractivity contribution in [3.63, 3.8) is 0 Å². The molecule has 2 N–H and O–H groups in total. The molecule has 6 nitrogen and oxygen atoms in total. The molecule has 0 radical (unpaired) electrons. The predicted octanol–water partition coefficient (Wildman–Crippen LogP) is 4.94. The summed E-state index contributed by atoms with van der Waals surface area (Å²) in [5.74, 6) is 1.07. The number of carboxylic acid groups (broad SMARTS) is 1. The lowest BCUT2D eigenvalue weighted by atomic mass is 9.94. The summed E-state index contributed by atoms with van der Waals surface area (Å²) < 4.78 is 0. The van der Waals surface area contributed by atoms with Gasteiger partial charge >= 0.3 is 5.97 Å². The number of rotatable bonds is 9. The third kappa shape index (κ3) is 6.35. The van der Waals surface area contributed by atoms with Crippen molar-refractivity contribution in [3.05, 3.63) is 53.2 Å². The third-order valence-corrected chi connectivity index (χ3v) is 8.09. The second-order valence-corrected chi connectivity index (χ2v) is 10.7. The van der Waals surface area contributed by atoms with Crippen LogP contribution in [0.3, 0.4) is 0 Å². The Morgan fingerprint density at radius 3 is 2.86 bits per heavy atom. The van der Waals surface area contributed by atoms with Crippen molar-refractivity contribution in [1.82, 2.24) is 9.88 Å². The highest BCUT2D eigenvalue weighted by Gasteiger charge is 2.27.